The Balaban J connectivity index is 1.76. The normalized spacial score (nSPS) is 11.2. The Kier molecular flexibility index (Phi) is 4.61. The third-order valence-electron chi connectivity index (χ3n) is 3.40. The number of nitrogens with one attached hydrogen (secondary N) is 1. The molecule has 0 radical (unpaired) electrons. The lowest BCUT2D eigenvalue weighted by Crippen LogP contribution is -2.07. The van der Waals surface area contributed by atoms with Gasteiger partial charge in [-0.15, -0.1) is 10.2 Å². The molecule has 0 atom stereocenters. The van der Waals surface area contributed by atoms with Crippen LogP contribution in [0.1, 0.15) is 5.56 Å². The number of aromatic amines is 1. The van der Waals surface area contributed by atoms with Gasteiger partial charge in [0.1, 0.15) is 5.75 Å². The number of aromatic nitrogens is 1. The minimum Gasteiger partial charge on any atom is -0.493 e. The number of benzene rings is 2. The Morgan fingerprint density at radius 2 is 2.04 bits per heavy atom. The molecule has 24 heavy (non-hydrogen) atoms. The molecule has 0 bridgehead atoms. The van der Waals surface area contributed by atoms with E-state index in [0.717, 1.165) is 10.0 Å². The van der Waals surface area contributed by atoms with Crippen molar-refractivity contribution in [2.75, 3.05) is 6.61 Å². The van der Waals surface area contributed by atoms with Gasteiger partial charge in [-0.1, -0.05) is 34.1 Å². The third kappa shape index (κ3) is 3.46. The lowest BCUT2D eigenvalue weighted by Gasteiger charge is -2.01. The van der Waals surface area contributed by atoms with Gasteiger partial charge < -0.3 is 14.8 Å². The van der Waals surface area contributed by atoms with Crippen LogP contribution in [-0.4, -0.2) is 22.6 Å². The van der Waals surface area contributed by atoms with Gasteiger partial charge in [-0.3, -0.25) is 4.79 Å². The van der Waals surface area contributed by atoms with Crippen LogP contribution in [0.15, 0.2) is 57.2 Å². The van der Waals surface area contributed by atoms with Gasteiger partial charge in [0.05, 0.1) is 5.52 Å². The van der Waals surface area contributed by atoms with Gasteiger partial charge in [0.15, 0.2) is 12.3 Å². The number of carbonyl (C=O) groups is 1. The van der Waals surface area contributed by atoms with Crippen LogP contribution in [-0.2, 0) is 4.79 Å². The van der Waals surface area contributed by atoms with E-state index in [1.165, 1.54) is 0 Å². The molecule has 0 spiro atoms. The number of aromatic hydroxyl groups is 1. The molecule has 3 rings (SSSR count). The molecule has 0 aliphatic carbocycles. The van der Waals surface area contributed by atoms with Gasteiger partial charge >= 0.3 is 5.91 Å². The van der Waals surface area contributed by atoms with Gasteiger partial charge in [-0.05, 0) is 36.8 Å². The summed E-state index contributed by atoms with van der Waals surface area (Å²) in [4.78, 5) is 14.6. The van der Waals surface area contributed by atoms with Crippen molar-refractivity contribution in [3.05, 3.63) is 52.5 Å². The Labute approximate surface area is 146 Å². The summed E-state index contributed by atoms with van der Waals surface area (Å²) < 4.78 is 6.22. The number of ether oxygens (including phenoxy) is 1. The van der Waals surface area contributed by atoms with Gasteiger partial charge in [-0.25, -0.2) is 0 Å². The van der Waals surface area contributed by atoms with E-state index in [9.17, 15) is 9.90 Å². The zero-order valence-electron chi connectivity index (χ0n) is 12.8. The summed E-state index contributed by atoms with van der Waals surface area (Å²) >= 11 is 3.43. The van der Waals surface area contributed by atoms with E-state index in [-0.39, 0.29) is 18.2 Å². The summed E-state index contributed by atoms with van der Waals surface area (Å²) in [5, 5.41) is 18.1. The van der Waals surface area contributed by atoms with Crippen LogP contribution in [0.3, 0.4) is 0 Å². The smallest absolute Gasteiger partial charge is 0.302 e. The fraction of sp³-hybridized carbons (Fsp3) is 0.118. The van der Waals surface area contributed by atoms with Gasteiger partial charge in [0.2, 0.25) is 5.88 Å². The Bertz CT molecular complexity index is 920. The second-order valence-electron chi connectivity index (χ2n) is 5.16. The molecule has 1 amide bonds. The molecule has 0 aliphatic heterocycles. The van der Waals surface area contributed by atoms with Crippen LogP contribution in [0.2, 0.25) is 0 Å². The summed E-state index contributed by atoms with van der Waals surface area (Å²) in [6, 6.07) is 12.7. The van der Waals surface area contributed by atoms with Crippen molar-refractivity contribution in [1.82, 2.24) is 4.98 Å². The Morgan fingerprint density at radius 1 is 1.29 bits per heavy atom. The molecule has 0 saturated heterocycles. The molecule has 1 aromatic heterocycles. The lowest BCUT2D eigenvalue weighted by molar-refractivity contribution is -0.120. The maximum absolute atomic E-state index is 11.8. The van der Waals surface area contributed by atoms with Gasteiger partial charge in [0.25, 0.3) is 0 Å². The molecule has 0 fully saturated rings. The highest BCUT2D eigenvalue weighted by molar-refractivity contribution is 9.10. The molecule has 1 heterocycles. The van der Waals surface area contributed by atoms with E-state index in [4.69, 9.17) is 4.74 Å². The maximum atomic E-state index is 11.8. The maximum Gasteiger partial charge on any atom is 0.302 e. The number of nitrogens with zero attached hydrogens (tertiary/aromatic N) is 2. The first kappa shape index (κ1) is 16.2. The summed E-state index contributed by atoms with van der Waals surface area (Å²) in [5.41, 5.74) is 1.91. The highest BCUT2D eigenvalue weighted by Gasteiger charge is 2.12. The van der Waals surface area contributed by atoms with E-state index in [1.807, 2.05) is 37.3 Å². The Morgan fingerprint density at radius 3 is 2.79 bits per heavy atom. The molecule has 0 unspecified atom stereocenters. The van der Waals surface area contributed by atoms with E-state index in [0.29, 0.717) is 16.7 Å². The van der Waals surface area contributed by atoms with Gasteiger partial charge in [-0.2, -0.15) is 0 Å². The summed E-state index contributed by atoms with van der Waals surface area (Å²) in [6.07, 6.45) is 0. The van der Waals surface area contributed by atoms with Crippen molar-refractivity contribution in [2.24, 2.45) is 10.2 Å². The molecule has 3 aromatic rings. The zero-order chi connectivity index (χ0) is 17.1. The van der Waals surface area contributed by atoms with Crippen LogP contribution in [0.25, 0.3) is 10.9 Å². The minimum atomic E-state index is -0.540. The molecule has 2 N–H and O–H groups in total. The summed E-state index contributed by atoms with van der Waals surface area (Å²) in [6.45, 7) is 1.70. The number of hydrogen-bond acceptors (Lipinski definition) is 4. The first-order valence-electron chi connectivity index (χ1n) is 7.18. The monoisotopic (exact) mass is 387 g/mol. The minimum absolute atomic E-state index is 0.136. The fourth-order valence-corrected chi connectivity index (χ4v) is 2.54. The molecule has 0 saturated carbocycles. The predicted molar refractivity (Wildman–Crippen MR) is 93.9 cm³/mol. The summed E-state index contributed by atoms with van der Waals surface area (Å²) in [7, 11) is 0. The quantitative estimate of drug-likeness (QED) is 0.639. The summed E-state index contributed by atoms with van der Waals surface area (Å²) in [5.74, 6) is -0.0964. The molecule has 122 valence electrons. The number of hydrogen-bond donors (Lipinski definition) is 2. The second kappa shape index (κ2) is 6.84. The number of fused-ring (bicyclic) bond motifs is 1. The zero-order valence-corrected chi connectivity index (χ0v) is 14.4. The van der Waals surface area contributed by atoms with Crippen molar-refractivity contribution < 1.29 is 14.6 Å². The van der Waals surface area contributed by atoms with Crippen LogP contribution < -0.4 is 4.74 Å². The van der Waals surface area contributed by atoms with Crippen LogP contribution >= 0.6 is 15.9 Å². The first-order chi connectivity index (χ1) is 11.5. The number of azo groups is 1. The van der Waals surface area contributed by atoms with Crippen LogP contribution in [0, 0.1) is 6.92 Å². The SMILES string of the molecule is Cc1cc2c(N=NC(=O)COc3ccccc3)c(O)[nH]c2cc1Br. The van der Waals surface area contributed by atoms with Crippen LogP contribution in [0.5, 0.6) is 11.6 Å². The van der Waals surface area contributed by atoms with E-state index < -0.39 is 5.91 Å². The van der Waals surface area contributed by atoms with Crippen molar-refractivity contribution in [3.8, 4) is 11.6 Å². The number of halogens is 1. The van der Waals surface area contributed by atoms with Crippen LogP contribution in [0.4, 0.5) is 5.69 Å². The average molecular weight is 388 g/mol. The molecular formula is C17H14BrN3O3. The van der Waals surface area contributed by atoms with Crippen molar-refractivity contribution >= 4 is 38.4 Å². The predicted octanol–water partition coefficient (Wildman–Crippen LogP) is 4.63. The van der Waals surface area contributed by atoms with Crippen molar-refractivity contribution in [3.63, 3.8) is 0 Å². The Hall–Kier alpha value is -2.67. The number of aryl methyl sites for hydroxylation is 1. The third-order valence-corrected chi connectivity index (χ3v) is 4.25. The highest BCUT2D eigenvalue weighted by Crippen LogP contribution is 2.37. The van der Waals surface area contributed by atoms with E-state index in [1.54, 1.807) is 12.1 Å². The molecule has 0 aliphatic rings. The number of amides is 1. The standard InChI is InChI=1S/C17H14BrN3O3/c1-10-7-12-14(8-13(10)18)19-17(23)16(12)21-20-15(22)9-24-11-5-3-2-4-6-11/h2-8,19,23H,9H2,1H3. The van der Waals surface area contributed by atoms with Crippen molar-refractivity contribution in [2.45, 2.75) is 6.92 Å². The highest BCUT2D eigenvalue weighted by atomic mass is 79.9. The topological polar surface area (TPSA) is 87.0 Å². The van der Waals surface area contributed by atoms with E-state index >= 15 is 0 Å². The molecule has 2 aromatic carbocycles. The molecule has 7 heteroatoms. The molecule has 6 nitrogen and oxygen atoms in total. The number of para-hydroxylation sites is 1. The first-order valence-corrected chi connectivity index (χ1v) is 7.97. The lowest BCUT2D eigenvalue weighted by atomic mass is 10.1. The fourth-order valence-electron chi connectivity index (χ4n) is 2.19. The van der Waals surface area contributed by atoms with Crippen molar-refractivity contribution in [1.29, 1.82) is 0 Å². The van der Waals surface area contributed by atoms with E-state index in [2.05, 4.69) is 31.1 Å². The molecular weight excluding hydrogens is 374 g/mol. The number of H-pyrrole nitrogens is 1. The number of rotatable bonds is 4. The van der Waals surface area contributed by atoms with Gasteiger partial charge in [0, 0.05) is 9.86 Å². The average Bonchev–Trinajstić information content (AvgIpc) is 2.87. The second-order valence-corrected chi connectivity index (χ2v) is 6.02. The number of carbonyl (C=O) groups excluding carboxylic acids is 1. The largest absolute Gasteiger partial charge is 0.493 e.